The second kappa shape index (κ2) is 6.99. The maximum absolute atomic E-state index is 5.67. The zero-order valence-corrected chi connectivity index (χ0v) is 17.4. The molecule has 0 bridgehead atoms. The molecule has 3 heteroatoms. The van der Waals surface area contributed by atoms with Crippen LogP contribution >= 0.6 is 0 Å². The van der Waals surface area contributed by atoms with Crippen molar-refractivity contribution in [2.24, 2.45) is 0 Å². The number of methoxy groups -OCH3 is 1. The highest BCUT2D eigenvalue weighted by molar-refractivity contribution is 6.05. The summed E-state index contributed by atoms with van der Waals surface area (Å²) < 4.78 is 10.3. The van der Waals surface area contributed by atoms with E-state index in [4.69, 9.17) is 4.74 Å². The van der Waals surface area contributed by atoms with Crippen LogP contribution in [0.1, 0.15) is 42.6 Å². The fourth-order valence-electron chi connectivity index (χ4n) is 4.69. The molecule has 0 amide bonds. The fourth-order valence-corrected chi connectivity index (χ4v) is 4.69. The highest BCUT2D eigenvalue weighted by Crippen LogP contribution is 2.40. The Balaban J connectivity index is 2.03. The number of para-hydroxylation sites is 2. The Morgan fingerprint density at radius 1 is 0.929 bits per heavy atom. The van der Waals surface area contributed by atoms with Gasteiger partial charge in [-0.05, 0) is 45.4 Å². The lowest BCUT2D eigenvalue weighted by molar-refractivity contribution is 0.0627. The fraction of sp³-hybridized carbons (Fsp3) is 0.280. The summed E-state index contributed by atoms with van der Waals surface area (Å²) in [6.45, 7) is 14.2. The van der Waals surface area contributed by atoms with E-state index in [0.29, 0.717) is 0 Å². The van der Waals surface area contributed by atoms with Gasteiger partial charge in [0.15, 0.2) is 0 Å². The minimum Gasteiger partial charge on any atom is -0.362 e. The summed E-state index contributed by atoms with van der Waals surface area (Å²) in [6, 6.07) is 17.2. The lowest BCUT2D eigenvalue weighted by Crippen LogP contribution is -2.08. The molecule has 2 heterocycles. The predicted octanol–water partition coefficient (Wildman–Crippen LogP) is 6.46. The Labute approximate surface area is 166 Å². The average Bonchev–Trinajstić information content (AvgIpc) is 3.16. The maximum atomic E-state index is 5.67. The highest BCUT2D eigenvalue weighted by atomic mass is 16.5. The Morgan fingerprint density at radius 3 is 2.07 bits per heavy atom. The SMILES string of the molecule is C=C(c1c(C)n(CC)c2ccccc12)c1c(C)n(C(C)OC)c2ccccc12. The van der Waals surface area contributed by atoms with Crippen molar-refractivity contribution in [1.82, 2.24) is 9.13 Å². The molecule has 144 valence electrons. The molecule has 0 fully saturated rings. The van der Waals surface area contributed by atoms with Gasteiger partial charge < -0.3 is 13.9 Å². The van der Waals surface area contributed by atoms with Gasteiger partial charge in [-0.3, -0.25) is 0 Å². The third-order valence-electron chi connectivity index (χ3n) is 6.01. The topological polar surface area (TPSA) is 19.1 Å². The van der Waals surface area contributed by atoms with Crippen LogP contribution in [0.15, 0.2) is 55.1 Å². The van der Waals surface area contributed by atoms with Crippen molar-refractivity contribution in [3.8, 4) is 0 Å². The number of benzene rings is 2. The molecule has 0 aliphatic carbocycles. The van der Waals surface area contributed by atoms with Gasteiger partial charge in [0.05, 0.1) is 5.52 Å². The minimum absolute atomic E-state index is 0.0375. The molecular formula is C25H28N2O. The number of aryl methyl sites for hydroxylation is 1. The summed E-state index contributed by atoms with van der Waals surface area (Å²) in [6.07, 6.45) is -0.0375. The first-order valence-electron chi connectivity index (χ1n) is 9.91. The van der Waals surface area contributed by atoms with Crippen molar-refractivity contribution in [2.75, 3.05) is 7.11 Å². The molecule has 2 aromatic heterocycles. The summed E-state index contributed by atoms with van der Waals surface area (Å²) in [5, 5.41) is 2.49. The molecule has 1 atom stereocenters. The largest absolute Gasteiger partial charge is 0.362 e. The van der Waals surface area contributed by atoms with Gasteiger partial charge in [0.25, 0.3) is 0 Å². The Morgan fingerprint density at radius 2 is 1.46 bits per heavy atom. The van der Waals surface area contributed by atoms with Gasteiger partial charge in [-0.1, -0.05) is 43.0 Å². The zero-order valence-electron chi connectivity index (χ0n) is 17.4. The molecule has 1 unspecified atom stereocenters. The molecule has 0 spiro atoms. The number of fused-ring (bicyclic) bond motifs is 2. The molecule has 3 nitrogen and oxygen atoms in total. The summed E-state index contributed by atoms with van der Waals surface area (Å²) in [5.74, 6) is 0. The van der Waals surface area contributed by atoms with Crippen molar-refractivity contribution < 1.29 is 4.74 Å². The minimum atomic E-state index is -0.0375. The van der Waals surface area contributed by atoms with Gasteiger partial charge in [0.2, 0.25) is 0 Å². The van der Waals surface area contributed by atoms with Crippen LogP contribution in [0.4, 0.5) is 0 Å². The highest BCUT2D eigenvalue weighted by Gasteiger charge is 2.23. The van der Waals surface area contributed by atoms with E-state index in [9.17, 15) is 0 Å². The lowest BCUT2D eigenvalue weighted by atomic mass is 9.95. The van der Waals surface area contributed by atoms with Gasteiger partial charge in [-0.25, -0.2) is 0 Å². The van der Waals surface area contributed by atoms with Crippen LogP contribution in [0.2, 0.25) is 0 Å². The molecule has 0 aliphatic heterocycles. The molecule has 0 saturated heterocycles. The lowest BCUT2D eigenvalue weighted by Gasteiger charge is -2.16. The van der Waals surface area contributed by atoms with Crippen LogP contribution in [-0.2, 0) is 11.3 Å². The Kier molecular flexibility index (Phi) is 4.64. The van der Waals surface area contributed by atoms with Crippen LogP contribution in [0.25, 0.3) is 27.4 Å². The smallest absolute Gasteiger partial charge is 0.131 e. The van der Waals surface area contributed by atoms with E-state index in [1.165, 1.54) is 44.3 Å². The third kappa shape index (κ3) is 2.54. The van der Waals surface area contributed by atoms with Crippen LogP contribution in [0.5, 0.6) is 0 Å². The van der Waals surface area contributed by atoms with E-state index in [1.54, 1.807) is 7.11 Å². The van der Waals surface area contributed by atoms with Gasteiger partial charge >= 0.3 is 0 Å². The molecule has 4 rings (SSSR count). The van der Waals surface area contributed by atoms with E-state index in [2.05, 4.69) is 91.9 Å². The Hall–Kier alpha value is -2.78. The molecule has 0 radical (unpaired) electrons. The first kappa shape index (κ1) is 18.6. The first-order chi connectivity index (χ1) is 13.5. The normalized spacial score (nSPS) is 12.8. The maximum Gasteiger partial charge on any atom is 0.131 e. The summed E-state index contributed by atoms with van der Waals surface area (Å²) in [4.78, 5) is 0. The monoisotopic (exact) mass is 372 g/mol. The van der Waals surface area contributed by atoms with Crippen molar-refractivity contribution in [3.05, 3.63) is 77.6 Å². The van der Waals surface area contributed by atoms with Crippen LogP contribution in [-0.4, -0.2) is 16.2 Å². The van der Waals surface area contributed by atoms with Crippen molar-refractivity contribution in [1.29, 1.82) is 0 Å². The number of ether oxygens (including phenoxy) is 1. The van der Waals surface area contributed by atoms with Crippen molar-refractivity contribution in [2.45, 2.75) is 40.5 Å². The third-order valence-corrected chi connectivity index (χ3v) is 6.01. The average molecular weight is 373 g/mol. The van der Waals surface area contributed by atoms with E-state index in [1.807, 2.05) is 0 Å². The van der Waals surface area contributed by atoms with E-state index in [0.717, 1.165) is 12.1 Å². The van der Waals surface area contributed by atoms with Crippen LogP contribution < -0.4 is 0 Å². The predicted molar refractivity (Wildman–Crippen MR) is 119 cm³/mol. The number of hydrogen-bond donors (Lipinski definition) is 0. The molecular weight excluding hydrogens is 344 g/mol. The molecule has 28 heavy (non-hydrogen) atoms. The van der Waals surface area contributed by atoms with Gasteiger partial charge in [0.1, 0.15) is 6.23 Å². The summed E-state index contributed by atoms with van der Waals surface area (Å²) in [7, 11) is 1.76. The quantitative estimate of drug-likeness (QED) is 0.393. The van der Waals surface area contributed by atoms with E-state index < -0.39 is 0 Å². The molecule has 4 aromatic rings. The molecule has 0 saturated carbocycles. The standard InChI is InChI=1S/C25H28N2O/c1-7-26-17(3)24(20-12-8-10-14-22(20)26)16(2)25-18(4)27(19(5)28-6)23-15-11-9-13-21(23)25/h8-15,19H,2,7H2,1,3-6H3. The summed E-state index contributed by atoms with van der Waals surface area (Å²) in [5.41, 5.74) is 8.44. The van der Waals surface area contributed by atoms with E-state index >= 15 is 0 Å². The number of aromatic nitrogens is 2. The van der Waals surface area contributed by atoms with Gasteiger partial charge in [0, 0.05) is 52.5 Å². The number of rotatable bonds is 5. The van der Waals surface area contributed by atoms with E-state index in [-0.39, 0.29) is 6.23 Å². The number of nitrogens with zero attached hydrogens (tertiary/aromatic N) is 2. The second-order valence-electron chi connectivity index (χ2n) is 7.38. The zero-order chi connectivity index (χ0) is 20.0. The van der Waals surface area contributed by atoms with Crippen LogP contribution in [0.3, 0.4) is 0 Å². The van der Waals surface area contributed by atoms with Gasteiger partial charge in [-0.15, -0.1) is 0 Å². The number of hydrogen-bond acceptors (Lipinski definition) is 1. The molecule has 0 aliphatic rings. The summed E-state index contributed by atoms with van der Waals surface area (Å²) >= 11 is 0. The second-order valence-corrected chi connectivity index (χ2v) is 7.38. The van der Waals surface area contributed by atoms with Crippen LogP contribution in [0, 0.1) is 13.8 Å². The molecule has 2 aromatic carbocycles. The van der Waals surface area contributed by atoms with Gasteiger partial charge in [-0.2, -0.15) is 0 Å². The first-order valence-corrected chi connectivity index (χ1v) is 9.91. The van der Waals surface area contributed by atoms with Crippen molar-refractivity contribution in [3.63, 3.8) is 0 Å². The molecule has 0 N–H and O–H groups in total. The Bertz CT molecular complexity index is 1190. The van der Waals surface area contributed by atoms with Crippen molar-refractivity contribution >= 4 is 27.4 Å².